The molecule has 3 aliphatic rings. The number of hydrogen-bond donors (Lipinski definition) is 4. The summed E-state index contributed by atoms with van der Waals surface area (Å²) in [5, 5.41) is 25.1. The van der Waals surface area contributed by atoms with E-state index >= 15 is 0 Å². The van der Waals surface area contributed by atoms with E-state index in [2.05, 4.69) is 25.9 Å². The highest BCUT2D eigenvalue weighted by Crippen LogP contribution is 2.34. The van der Waals surface area contributed by atoms with Crippen LogP contribution in [0.3, 0.4) is 0 Å². The molecule has 2 aromatic heterocycles. The van der Waals surface area contributed by atoms with E-state index < -0.39 is 58.7 Å². The van der Waals surface area contributed by atoms with Crippen LogP contribution in [-0.2, 0) is 29.5 Å². The average molecular weight is 709 g/mol. The smallest absolute Gasteiger partial charge is 0.287 e. The first-order valence-corrected chi connectivity index (χ1v) is 18.0. The summed E-state index contributed by atoms with van der Waals surface area (Å²) in [6, 6.07) is 4.75. The maximum atomic E-state index is 14.7. The third kappa shape index (κ3) is 7.42. The van der Waals surface area contributed by atoms with E-state index in [1.807, 2.05) is 24.3 Å². The zero-order valence-corrected chi connectivity index (χ0v) is 29.1. The molecule has 268 valence electrons. The number of rotatable bonds is 11. The number of nitrogens with two attached hydrogens (primary N) is 1. The monoisotopic (exact) mass is 708 g/mol. The van der Waals surface area contributed by atoms with Gasteiger partial charge in [0, 0.05) is 39.0 Å². The van der Waals surface area contributed by atoms with Crippen LogP contribution in [0.25, 0.3) is 10.2 Å². The molecule has 5 N–H and O–H groups in total. The Morgan fingerprint density at radius 1 is 1.12 bits per heavy atom. The number of hydrogen-bond acceptors (Lipinski definition) is 11. The molecule has 4 amide bonds. The number of thiazole rings is 1. The zero-order valence-electron chi connectivity index (χ0n) is 28.3. The lowest BCUT2D eigenvalue weighted by Crippen LogP contribution is -2.64. The summed E-state index contributed by atoms with van der Waals surface area (Å²) in [4.78, 5) is 73.8. The number of ketones is 1. The molecular formula is C34H44N8O7S. The number of fused-ring (bicyclic) bond motifs is 1. The standard InChI is InChI=1S/C34H44N8O7S/c1-33(2,48)26-18-36-40-42(26)21-17-24(29(45)39-34(27(43)28(35)44)12-14-49-15-13-34)41(19-21)32(47)23(16-20-8-4-3-5-9-20)37-30(46)31-38-22-10-6-7-11-25(22)50-31/h6-7,10-11,18,20-21,23-24,48H,3-5,8-9,12-17,19H2,1-2H3,(H2,35,44)(H,37,46)(H,39,45)/t21-,23?,24-/m0/s1. The Bertz CT molecular complexity index is 1720. The lowest BCUT2D eigenvalue weighted by molar-refractivity contribution is -0.147. The van der Waals surface area contributed by atoms with Crippen LogP contribution in [0.1, 0.15) is 93.2 Å². The Morgan fingerprint density at radius 3 is 2.52 bits per heavy atom. The summed E-state index contributed by atoms with van der Waals surface area (Å²) in [6.45, 7) is 3.45. The van der Waals surface area contributed by atoms with Gasteiger partial charge in [-0.3, -0.25) is 24.0 Å². The molecule has 1 unspecified atom stereocenters. The number of primary amides is 1. The van der Waals surface area contributed by atoms with Gasteiger partial charge in [0.2, 0.25) is 17.6 Å². The van der Waals surface area contributed by atoms with Crippen molar-refractivity contribution in [3.8, 4) is 0 Å². The van der Waals surface area contributed by atoms with Gasteiger partial charge in [-0.15, -0.1) is 16.4 Å². The molecule has 2 aliphatic heterocycles. The van der Waals surface area contributed by atoms with Crippen LogP contribution in [0.4, 0.5) is 0 Å². The lowest BCUT2D eigenvalue weighted by atomic mass is 9.84. The molecule has 3 fully saturated rings. The fourth-order valence-electron chi connectivity index (χ4n) is 7.49. The van der Waals surface area contributed by atoms with Crippen molar-refractivity contribution in [2.45, 2.75) is 101 Å². The highest BCUT2D eigenvalue weighted by Gasteiger charge is 2.49. The second kappa shape index (κ2) is 14.5. The van der Waals surface area contributed by atoms with E-state index in [4.69, 9.17) is 10.5 Å². The number of amides is 4. The number of aromatic nitrogens is 4. The SMILES string of the molecule is CC(C)(O)c1cnnn1[C@H]1C[C@@H](C(=O)NC2(C(=O)C(N)=O)CCOCC2)N(C(=O)C(CC2CCCCC2)NC(=O)c2nc3ccccc3s2)C1. The number of carbonyl (C=O) groups excluding carboxylic acids is 5. The molecule has 2 saturated heterocycles. The highest BCUT2D eigenvalue weighted by atomic mass is 32.1. The quantitative estimate of drug-likeness (QED) is 0.212. The van der Waals surface area contributed by atoms with Gasteiger partial charge in [0.1, 0.15) is 23.2 Å². The lowest BCUT2D eigenvalue weighted by Gasteiger charge is -2.37. The predicted octanol–water partition coefficient (Wildman–Crippen LogP) is 1.75. The summed E-state index contributed by atoms with van der Waals surface area (Å²) in [6.07, 6.45) is 6.97. The van der Waals surface area contributed by atoms with Crippen molar-refractivity contribution in [2.75, 3.05) is 19.8 Å². The molecule has 3 aromatic rings. The van der Waals surface area contributed by atoms with Crippen LogP contribution in [0.2, 0.25) is 0 Å². The molecule has 0 radical (unpaired) electrons. The fraction of sp³-hybridized carbons (Fsp3) is 0.588. The first-order chi connectivity index (χ1) is 23.9. The molecular weight excluding hydrogens is 664 g/mol. The second-order valence-electron chi connectivity index (χ2n) is 14.1. The van der Waals surface area contributed by atoms with Crippen molar-refractivity contribution in [3.05, 3.63) is 41.2 Å². The largest absolute Gasteiger partial charge is 0.384 e. The third-order valence-electron chi connectivity index (χ3n) is 10.2. The Balaban J connectivity index is 1.33. The molecule has 15 nitrogen and oxygen atoms in total. The van der Waals surface area contributed by atoms with Gasteiger partial charge in [-0.05, 0) is 38.3 Å². The van der Waals surface area contributed by atoms with Gasteiger partial charge in [-0.1, -0.05) is 49.5 Å². The van der Waals surface area contributed by atoms with Crippen molar-refractivity contribution in [2.24, 2.45) is 11.7 Å². The van der Waals surface area contributed by atoms with Crippen LogP contribution >= 0.6 is 11.3 Å². The summed E-state index contributed by atoms with van der Waals surface area (Å²) < 4.78 is 7.78. The van der Waals surface area contributed by atoms with Crippen molar-refractivity contribution in [3.63, 3.8) is 0 Å². The predicted molar refractivity (Wildman–Crippen MR) is 182 cm³/mol. The van der Waals surface area contributed by atoms with E-state index in [-0.39, 0.29) is 49.9 Å². The molecule has 0 spiro atoms. The molecule has 50 heavy (non-hydrogen) atoms. The van der Waals surface area contributed by atoms with Gasteiger partial charge < -0.3 is 31.1 Å². The minimum absolute atomic E-state index is 0.0153. The van der Waals surface area contributed by atoms with Gasteiger partial charge >= 0.3 is 0 Å². The minimum Gasteiger partial charge on any atom is -0.384 e. The number of carbonyl (C=O) groups is 5. The summed E-state index contributed by atoms with van der Waals surface area (Å²) >= 11 is 1.24. The minimum atomic E-state index is -1.58. The van der Waals surface area contributed by atoms with Crippen LogP contribution < -0.4 is 16.4 Å². The average Bonchev–Trinajstić information content (AvgIpc) is 3.86. The number of likely N-dealkylation sites (tertiary alicyclic amines) is 1. The second-order valence-corrected chi connectivity index (χ2v) is 15.2. The Morgan fingerprint density at radius 2 is 1.84 bits per heavy atom. The first-order valence-electron chi connectivity index (χ1n) is 17.2. The summed E-state index contributed by atoms with van der Waals surface area (Å²) in [5.74, 6) is -3.50. The van der Waals surface area contributed by atoms with Crippen LogP contribution in [0.5, 0.6) is 0 Å². The summed E-state index contributed by atoms with van der Waals surface area (Å²) in [5.41, 5.74) is 3.58. The maximum Gasteiger partial charge on any atom is 0.287 e. The molecule has 1 saturated carbocycles. The number of nitrogens with one attached hydrogen (secondary N) is 2. The highest BCUT2D eigenvalue weighted by molar-refractivity contribution is 7.20. The van der Waals surface area contributed by atoms with Crippen molar-refractivity contribution >= 4 is 51.0 Å². The van der Waals surface area contributed by atoms with Gasteiger partial charge in [0.05, 0.1) is 28.1 Å². The maximum absolute atomic E-state index is 14.7. The van der Waals surface area contributed by atoms with Crippen molar-refractivity contribution in [1.29, 1.82) is 0 Å². The van der Waals surface area contributed by atoms with Gasteiger partial charge in [0.25, 0.3) is 11.8 Å². The van der Waals surface area contributed by atoms with E-state index in [0.717, 1.165) is 36.8 Å². The van der Waals surface area contributed by atoms with Crippen LogP contribution in [0, 0.1) is 5.92 Å². The third-order valence-corrected chi connectivity index (χ3v) is 11.2. The Hall–Kier alpha value is -4.28. The van der Waals surface area contributed by atoms with Gasteiger partial charge in [0.15, 0.2) is 5.01 Å². The molecule has 16 heteroatoms. The fourth-order valence-corrected chi connectivity index (χ4v) is 8.35. The first kappa shape index (κ1) is 35.5. The molecule has 4 heterocycles. The van der Waals surface area contributed by atoms with E-state index in [9.17, 15) is 29.1 Å². The van der Waals surface area contributed by atoms with E-state index in [1.165, 1.54) is 27.1 Å². The number of para-hydroxylation sites is 1. The van der Waals surface area contributed by atoms with E-state index in [1.54, 1.807) is 13.8 Å². The zero-order chi connectivity index (χ0) is 35.6. The number of aliphatic hydroxyl groups is 1. The normalized spacial score (nSPS) is 21.9. The molecule has 1 aromatic carbocycles. The summed E-state index contributed by atoms with van der Waals surface area (Å²) in [7, 11) is 0. The van der Waals surface area contributed by atoms with E-state index in [0.29, 0.717) is 17.6 Å². The van der Waals surface area contributed by atoms with Gasteiger partial charge in [-0.2, -0.15) is 0 Å². The molecule has 1 aliphatic carbocycles. The number of nitrogens with zero attached hydrogens (tertiary/aromatic N) is 5. The van der Waals surface area contributed by atoms with Crippen molar-refractivity contribution in [1.82, 2.24) is 35.5 Å². The topological polar surface area (TPSA) is 212 Å². The molecule has 0 bridgehead atoms. The van der Waals surface area contributed by atoms with Crippen molar-refractivity contribution < 1.29 is 33.8 Å². The Labute approximate surface area is 293 Å². The number of benzene rings is 1. The van der Waals surface area contributed by atoms with Gasteiger partial charge in [-0.25, -0.2) is 9.67 Å². The van der Waals surface area contributed by atoms with Crippen LogP contribution in [-0.4, -0.2) is 96.8 Å². The number of ether oxygens (including phenoxy) is 1. The molecule has 6 rings (SSSR count). The Kier molecular flexibility index (Phi) is 10.3. The van der Waals surface area contributed by atoms with Crippen LogP contribution in [0.15, 0.2) is 30.5 Å². The molecule has 3 atom stereocenters. The number of Topliss-reactive ketones (excluding diaryl/α,β-unsaturated/α-hetero) is 1.